The molecule has 1 unspecified atom stereocenters. The molecular formula is C25H18F3N3O3. The molecule has 3 heterocycles. The summed E-state index contributed by atoms with van der Waals surface area (Å²) in [5.41, 5.74) is -1.12. The zero-order valence-electron chi connectivity index (χ0n) is 17.7. The first-order valence-corrected chi connectivity index (χ1v) is 10.8. The average Bonchev–Trinajstić information content (AvgIpc) is 3.49. The van der Waals surface area contributed by atoms with Crippen molar-refractivity contribution in [3.63, 3.8) is 0 Å². The predicted octanol–water partition coefficient (Wildman–Crippen LogP) is 4.66. The van der Waals surface area contributed by atoms with Crippen LogP contribution in [0.4, 0.5) is 13.2 Å². The van der Waals surface area contributed by atoms with Crippen molar-refractivity contribution in [2.45, 2.75) is 24.7 Å². The van der Waals surface area contributed by atoms with E-state index < -0.39 is 41.0 Å². The van der Waals surface area contributed by atoms with Crippen molar-refractivity contribution in [3.05, 3.63) is 94.0 Å². The highest BCUT2D eigenvalue weighted by Gasteiger charge is 2.50. The predicted molar refractivity (Wildman–Crippen MR) is 118 cm³/mol. The highest BCUT2D eigenvalue weighted by atomic mass is 19.4. The first-order chi connectivity index (χ1) is 16.3. The Morgan fingerprint density at radius 1 is 0.971 bits per heavy atom. The number of aromatic hydroxyl groups is 1. The third kappa shape index (κ3) is 2.76. The maximum atomic E-state index is 13.5. The van der Waals surface area contributed by atoms with Gasteiger partial charge in [-0.3, -0.25) is 9.36 Å². The van der Waals surface area contributed by atoms with Crippen LogP contribution in [0.15, 0.2) is 71.5 Å². The number of carbonyl (C=O) groups is 1. The Labute approximate surface area is 191 Å². The number of hydrogen-bond acceptors (Lipinski definition) is 3. The molecule has 1 saturated heterocycles. The largest absolute Gasteiger partial charge is 0.493 e. The van der Waals surface area contributed by atoms with Crippen molar-refractivity contribution in [3.8, 4) is 11.6 Å². The van der Waals surface area contributed by atoms with E-state index in [0.717, 1.165) is 22.9 Å². The zero-order valence-corrected chi connectivity index (χ0v) is 17.7. The van der Waals surface area contributed by atoms with E-state index in [0.29, 0.717) is 12.1 Å². The number of hydrogen-bond donors (Lipinski definition) is 1. The lowest BCUT2D eigenvalue weighted by atomic mass is 10.0. The molecule has 1 fully saturated rings. The fraction of sp³-hybridized carbons (Fsp3) is 0.200. The highest BCUT2D eigenvalue weighted by molar-refractivity contribution is 5.96. The maximum absolute atomic E-state index is 13.5. The van der Waals surface area contributed by atoms with Gasteiger partial charge in [-0.25, -0.2) is 9.36 Å². The van der Waals surface area contributed by atoms with Crippen LogP contribution >= 0.6 is 0 Å². The standard InChI is InChI=1S/C25H18F3N3O3/c26-25(27,28)18-10-4-3-9-17(18)22(32)29-13-15-12-20(29)21-23(33)31(24(34)30(15)21)19-11-5-7-14-6-1-2-8-16(14)19/h1-11,15,20,33H,12-13H2/t15-,20?/m1/s1. The Balaban J connectivity index is 1.46. The van der Waals surface area contributed by atoms with Gasteiger partial charge in [-0.05, 0) is 30.0 Å². The second kappa shape index (κ2) is 6.99. The van der Waals surface area contributed by atoms with E-state index in [1.165, 1.54) is 26.2 Å². The third-order valence-corrected chi connectivity index (χ3v) is 6.79. The minimum absolute atomic E-state index is 0.0988. The molecule has 1 N–H and O–H groups in total. The van der Waals surface area contributed by atoms with Crippen molar-refractivity contribution >= 4 is 16.7 Å². The molecule has 0 spiro atoms. The molecule has 0 saturated carbocycles. The van der Waals surface area contributed by atoms with Gasteiger partial charge in [0.15, 0.2) is 0 Å². The number of carbonyl (C=O) groups excluding carboxylic acids is 1. The lowest BCUT2D eigenvalue weighted by molar-refractivity contribution is -0.138. The molecule has 2 aliphatic rings. The first-order valence-electron chi connectivity index (χ1n) is 10.8. The lowest BCUT2D eigenvalue weighted by Gasteiger charge is -2.28. The molecule has 2 aliphatic heterocycles. The number of benzene rings is 3. The van der Waals surface area contributed by atoms with Crippen LogP contribution in [0.1, 0.15) is 40.1 Å². The van der Waals surface area contributed by atoms with Crippen LogP contribution in [0, 0.1) is 0 Å². The fourth-order valence-corrected chi connectivity index (χ4v) is 5.36. The van der Waals surface area contributed by atoms with Crippen LogP contribution < -0.4 is 5.69 Å². The second-order valence-electron chi connectivity index (χ2n) is 8.60. The number of aromatic nitrogens is 2. The van der Waals surface area contributed by atoms with Gasteiger partial charge in [-0.15, -0.1) is 0 Å². The van der Waals surface area contributed by atoms with Crippen LogP contribution in [0.2, 0.25) is 0 Å². The number of amides is 1. The van der Waals surface area contributed by atoms with Crippen LogP contribution in [-0.2, 0) is 6.18 Å². The van der Waals surface area contributed by atoms with Gasteiger partial charge in [0.05, 0.1) is 28.9 Å². The van der Waals surface area contributed by atoms with Crippen molar-refractivity contribution in [2.75, 3.05) is 6.54 Å². The summed E-state index contributed by atoms with van der Waals surface area (Å²) < 4.78 is 43.2. The van der Waals surface area contributed by atoms with Crippen LogP contribution in [0.25, 0.3) is 16.5 Å². The average molecular weight is 465 g/mol. The van der Waals surface area contributed by atoms with Crippen molar-refractivity contribution in [1.82, 2.24) is 14.0 Å². The Morgan fingerprint density at radius 2 is 1.68 bits per heavy atom. The molecule has 3 aromatic carbocycles. The molecule has 1 aromatic heterocycles. The van der Waals surface area contributed by atoms with Gasteiger partial charge in [0.2, 0.25) is 5.88 Å². The van der Waals surface area contributed by atoms with Gasteiger partial charge in [0.25, 0.3) is 5.91 Å². The molecule has 4 aromatic rings. The van der Waals surface area contributed by atoms with Crippen molar-refractivity contribution in [2.24, 2.45) is 0 Å². The molecule has 6 rings (SSSR count). The zero-order chi connectivity index (χ0) is 23.8. The number of nitrogens with zero attached hydrogens (tertiary/aromatic N) is 3. The lowest BCUT2D eigenvalue weighted by Crippen LogP contribution is -2.38. The quantitative estimate of drug-likeness (QED) is 0.468. The molecule has 172 valence electrons. The van der Waals surface area contributed by atoms with Crippen molar-refractivity contribution < 1.29 is 23.1 Å². The van der Waals surface area contributed by atoms with E-state index in [1.807, 2.05) is 30.3 Å². The monoisotopic (exact) mass is 465 g/mol. The minimum atomic E-state index is -4.67. The van der Waals surface area contributed by atoms with Gasteiger partial charge in [-0.1, -0.05) is 48.5 Å². The number of halogens is 3. The molecule has 2 bridgehead atoms. The highest BCUT2D eigenvalue weighted by Crippen LogP contribution is 2.49. The van der Waals surface area contributed by atoms with Crippen LogP contribution in [0.3, 0.4) is 0 Å². The van der Waals surface area contributed by atoms with E-state index in [-0.39, 0.29) is 18.1 Å². The summed E-state index contributed by atoms with van der Waals surface area (Å²) >= 11 is 0. The molecule has 1 amide bonds. The molecule has 0 radical (unpaired) electrons. The van der Waals surface area contributed by atoms with Crippen LogP contribution in [-0.4, -0.2) is 31.6 Å². The molecule has 34 heavy (non-hydrogen) atoms. The van der Waals surface area contributed by atoms with Gasteiger partial charge in [0.1, 0.15) is 5.69 Å². The second-order valence-corrected chi connectivity index (χ2v) is 8.60. The van der Waals surface area contributed by atoms with E-state index in [4.69, 9.17) is 0 Å². The van der Waals surface area contributed by atoms with E-state index >= 15 is 0 Å². The summed E-state index contributed by atoms with van der Waals surface area (Å²) in [6.45, 7) is 0.0988. The summed E-state index contributed by atoms with van der Waals surface area (Å²) in [6, 6.07) is 16.4. The number of alkyl halides is 3. The van der Waals surface area contributed by atoms with Gasteiger partial charge < -0.3 is 10.0 Å². The number of rotatable bonds is 2. The Bertz CT molecular complexity index is 1530. The molecule has 2 atom stereocenters. The number of likely N-dealkylation sites (tertiary alicyclic amines) is 1. The maximum Gasteiger partial charge on any atom is 0.417 e. The van der Waals surface area contributed by atoms with Crippen molar-refractivity contribution in [1.29, 1.82) is 0 Å². The molecule has 6 nitrogen and oxygen atoms in total. The normalized spacial score (nSPS) is 19.1. The van der Waals surface area contributed by atoms with E-state index in [9.17, 15) is 27.9 Å². The van der Waals surface area contributed by atoms with E-state index in [2.05, 4.69) is 0 Å². The smallest absolute Gasteiger partial charge is 0.417 e. The summed E-state index contributed by atoms with van der Waals surface area (Å²) in [5, 5.41) is 12.8. The SMILES string of the molecule is O=C(c1ccccc1C(F)(F)F)N1C[C@H]2CC1c1c(O)n(-c3cccc4ccccc34)c(=O)n12. The van der Waals surface area contributed by atoms with E-state index in [1.54, 1.807) is 12.1 Å². The van der Waals surface area contributed by atoms with Gasteiger partial charge in [-0.2, -0.15) is 13.2 Å². The summed E-state index contributed by atoms with van der Waals surface area (Å²) in [6.07, 6.45) is -4.30. The Kier molecular flexibility index (Phi) is 4.23. The fourth-order valence-electron chi connectivity index (χ4n) is 5.36. The summed E-state index contributed by atoms with van der Waals surface area (Å²) in [5.74, 6) is -1.06. The topological polar surface area (TPSA) is 67.5 Å². The molecule has 0 aliphatic carbocycles. The summed E-state index contributed by atoms with van der Waals surface area (Å²) in [4.78, 5) is 27.9. The summed E-state index contributed by atoms with van der Waals surface area (Å²) in [7, 11) is 0. The third-order valence-electron chi connectivity index (χ3n) is 6.79. The van der Waals surface area contributed by atoms with Gasteiger partial charge in [0, 0.05) is 11.9 Å². The first kappa shape index (κ1) is 20.6. The Hall–Kier alpha value is -4.01. The van der Waals surface area contributed by atoms with Gasteiger partial charge >= 0.3 is 11.9 Å². The Morgan fingerprint density at radius 3 is 2.47 bits per heavy atom. The minimum Gasteiger partial charge on any atom is -0.493 e. The number of fused-ring (bicyclic) bond motifs is 6. The number of imidazole rings is 1. The molecular weight excluding hydrogens is 447 g/mol. The van der Waals surface area contributed by atoms with Crippen LogP contribution in [0.5, 0.6) is 5.88 Å². The molecule has 9 heteroatoms.